The van der Waals surface area contributed by atoms with Crippen LogP contribution in [0.1, 0.15) is 49.0 Å². The van der Waals surface area contributed by atoms with Crippen molar-refractivity contribution in [3.05, 3.63) is 16.1 Å². The predicted molar refractivity (Wildman–Crippen MR) is 77.8 cm³/mol. The van der Waals surface area contributed by atoms with E-state index in [0.29, 0.717) is 6.04 Å². The van der Waals surface area contributed by atoms with Crippen LogP contribution in [0.25, 0.3) is 0 Å². The van der Waals surface area contributed by atoms with Gasteiger partial charge in [-0.3, -0.25) is 0 Å². The molecule has 3 N–H and O–H groups in total. The van der Waals surface area contributed by atoms with Crippen LogP contribution in [-0.2, 0) is 6.42 Å². The van der Waals surface area contributed by atoms with E-state index in [1.807, 2.05) is 17.5 Å². The highest BCUT2D eigenvalue weighted by Gasteiger charge is 2.26. The second kappa shape index (κ2) is 6.64. The standard InChI is InChI=1S/C14H25N3S/c1-3-13-9-17-14(18-13)10(2)16-8-12-6-4-5-11(12)7-15/h9-12,16H,3-8,15H2,1-2H3. The van der Waals surface area contributed by atoms with Gasteiger partial charge >= 0.3 is 0 Å². The summed E-state index contributed by atoms with van der Waals surface area (Å²) in [5.74, 6) is 1.50. The number of nitrogens with zero attached hydrogens (tertiary/aromatic N) is 1. The zero-order valence-corrected chi connectivity index (χ0v) is 12.3. The van der Waals surface area contributed by atoms with E-state index in [0.717, 1.165) is 31.3 Å². The van der Waals surface area contributed by atoms with E-state index in [4.69, 9.17) is 5.73 Å². The number of nitrogens with two attached hydrogens (primary N) is 1. The largest absolute Gasteiger partial charge is 0.330 e. The van der Waals surface area contributed by atoms with Crippen molar-refractivity contribution in [2.75, 3.05) is 13.1 Å². The molecule has 4 heteroatoms. The summed E-state index contributed by atoms with van der Waals surface area (Å²) in [7, 11) is 0. The highest BCUT2D eigenvalue weighted by molar-refractivity contribution is 7.11. The average Bonchev–Trinajstić information content (AvgIpc) is 3.04. The molecule has 0 saturated heterocycles. The van der Waals surface area contributed by atoms with Gasteiger partial charge in [0, 0.05) is 11.1 Å². The molecule has 1 aliphatic rings. The molecule has 2 rings (SSSR count). The van der Waals surface area contributed by atoms with Crippen molar-refractivity contribution >= 4 is 11.3 Å². The van der Waals surface area contributed by atoms with Gasteiger partial charge in [0.2, 0.25) is 0 Å². The first-order valence-electron chi connectivity index (χ1n) is 7.12. The highest BCUT2D eigenvalue weighted by Crippen LogP contribution is 2.31. The molecular weight excluding hydrogens is 242 g/mol. The summed E-state index contributed by atoms with van der Waals surface area (Å²) in [4.78, 5) is 5.88. The summed E-state index contributed by atoms with van der Waals surface area (Å²) in [5.41, 5.74) is 5.82. The van der Waals surface area contributed by atoms with Crippen LogP contribution in [0.3, 0.4) is 0 Å². The molecule has 0 aliphatic heterocycles. The van der Waals surface area contributed by atoms with Crippen LogP contribution in [-0.4, -0.2) is 18.1 Å². The third kappa shape index (κ3) is 3.31. The molecule has 0 bridgehead atoms. The van der Waals surface area contributed by atoms with Gasteiger partial charge in [0.15, 0.2) is 0 Å². The molecule has 18 heavy (non-hydrogen) atoms. The lowest BCUT2D eigenvalue weighted by atomic mass is 9.96. The van der Waals surface area contributed by atoms with E-state index < -0.39 is 0 Å². The third-order valence-corrected chi connectivity index (χ3v) is 5.42. The summed E-state index contributed by atoms with van der Waals surface area (Å²) < 4.78 is 0. The Morgan fingerprint density at radius 3 is 2.94 bits per heavy atom. The Bertz CT molecular complexity index is 364. The first-order valence-corrected chi connectivity index (χ1v) is 7.94. The average molecular weight is 267 g/mol. The maximum atomic E-state index is 5.82. The molecule has 1 fully saturated rings. The number of aromatic nitrogens is 1. The Morgan fingerprint density at radius 1 is 1.50 bits per heavy atom. The fourth-order valence-electron chi connectivity index (χ4n) is 2.79. The van der Waals surface area contributed by atoms with Crippen LogP contribution in [0.15, 0.2) is 6.20 Å². The topological polar surface area (TPSA) is 50.9 Å². The second-order valence-electron chi connectivity index (χ2n) is 5.34. The summed E-state index contributed by atoms with van der Waals surface area (Å²) in [6.45, 7) is 6.33. The number of nitrogens with one attached hydrogen (secondary N) is 1. The van der Waals surface area contributed by atoms with Crippen LogP contribution in [0.5, 0.6) is 0 Å². The second-order valence-corrected chi connectivity index (χ2v) is 6.48. The maximum absolute atomic E-state index is 5.82. The Labute approximate surface area is 114 Å². The number of hydrogen-bond acceptors (Lipinski definition) is 4. The third-order valence-electron chi connectivity index (χ3n) is 4.10. The van der Waals surface area contributed by atoms with Gasteiger partial charge in [-0.05, 0) is 51.1 Å². The van der Waals surface area contributed by atoms with Crippen molar-refractivity contribution in [1.82, 2.24) is 10.3 Å². The van der Waals surface area contributed by atoms with Crippen LogP contribution < -0.4 is 11.1 Å². The molecule has 3 atom stereocenters. The monoisotopic (exact) mass is 267 g/mol. The molecule has 0 amide bonds. The molecule has 1 saturated carbocycles. The summed E-state index contributed by atoms with van der Waals surface area (Å²) >= 11 is 1.83. The normalized spacial score (nSPS) is 25.5. The van der Waals surface area contributed by atoms with Crippen molar-refractivity contribution in [2.45, 2.75) is 45.6 Å². The van der Waals surface area contributed by atoms with E-state index >= 15 is 0 Å². The van der Waals surface area contributed by atoms with Crippen molar-refractivity contribution in [3.63, 3.8) is 0 Å². The summed E-state index contributed by atoms with van der Waals surface area (Å²) in [5, 5.41) is 4.85. The Morgan fingerprint density at radius 2 is 2.28 bits per heavy atom. The van der Waals surface area contributed by atoms with Gasteiger partial charge in [0.1, 0.15) is 5.01 Å². The fraction of sp³-hybridized carbons (Fsp3) is 0.786. The number of hydrogen-bond donors (Lipinski definition) is 2. The lowest BCUT2D eigenvalue weighted by molar-refractivity contribution is 0.359. The van der Waals surface area contributed by atoms with Gasteiger partial charge in [0.25, 0.3) is 0 Å². The predicted octanol–water partition coefficient (Wildman–Crippen LogP) is 2.73. The lowest BCUT2D eigenvalue weighted by Crippen LogP contribution is -2.30. The Hall–Kier alpha value is -0.450. The van der Waals surface area contributed by atoms with Gasteiger partial charge in [-0.15, -0.1) is 11.3 Å². The first kappa shape index (κ1) is 14.0. The molecule has 0 radical (unpaired) electrons. The van der Waals surface area contributed by atoms with E-state index in [1.165, 1.54) is 29.1 Å². The molecule has 0 aromatic carbocycles. The molecule has 3 nitrogen and oxygen atoms in total. The van der Waals surface area contributed by atoms with Gasteiger partial charge in [0.05, 0.1) is 6.04 Å². The minimum atomic E-state index is 0.370. The van der Waals surface area contributed by atoms with Gasteiger partial charge in [-0.25, -0.2) is 4.98 Å². The summed E-state index contributed by atoms with van der Waals surface area (Å²) in [6, 6.07) is 0.370. The maximum Gasteiger partial charge on any atom is 0.109 e. The van der Waals surface area contributed by atoms with E-state index in [9.17, 15) is 0 Å². The first-order chi connectivity index (χ1) is 8.74. The van der Waals surface area contributed by atoms with Gasteiger partial charge in [-0.1, -0.05) is 13.3 Å². The quantitative estimate of drug-likeness (QED) is 0.833. The van der Waals surface area contributed by atoms with Crippen LogP contribution in [0.2, 0.25) is 0 Å². The summed E-state index contributed by atoms with van der Waals surface area (Å²) in [6.07, 6.45) is 7.09. The molecular formula is C14H25N3S. The van der Waals surface area contributed by atoms with Crippen molar-refractivity contribution in [2.24, 2.45) is 17.6 Å². The Balaban J connectivity index is 1.82. The molecule has 1 aliphatic carbocycles. The Kier molecular flexibility index (Phi) is 5.15. The highest BCUT2D eigenvalue weighted by atomic mass is 32.1. The van der Waals surface area contributed by atoms with Crippen LogP contribution >= 0.6 is 11.3 Å². The van der Waals surface area contributed by atoms with Gasteiger partial charge in [-0.2, -0.15) is 0 Å². The fourth-order valence-corrected chi connectivity index (χ4v) is 3.68. The van der Waals surface area contributed by atoms with Crippen LogP contribution in [0, 0.1) is 11.8 Å². The molecule has 1 aromatic rings. The molecule has 1 heterocycles. The molecule has 0 spiro atoms. The van der Waals surface area contributed by atoms with Gasteiger partial charge < -0.3 is 11.1 Å². The number of aryl methyl sites for hydroxylation is 1. The number of rotatable bonds is 6. The molecule has 3 unspecified atom stereocenters. The number of thiazole rings is 1. The van der Waals surface area contributed by atoms with E-state index in [2.05, 4.69) is 24.1 Å². The smallest absolute Gasteiger partial charge is 0.109 e. The molecule has 1 aromatic heterocycles. The van der Waals surface area contributed by atoms with E-state index in [1.54, 1.807) is 0 Å². The zero-order valence-electron chi connectivity index (χ0n) is 11.5. The molecule has 102 valence electrons. The van der Waals surface area contributed by atoms with Crippen LogP contribution in [0.4, 0.5) is 0 Å². The minimum Gasteiger partial charge on any atom is -0.330 e. The lowest BCUT2D eigenvalue weighted by Gasteiger charge is -2.20. The SMILES string of the molecule is CCc1cnc(C(C)NCC2CCCC2CN)s1. The van der Waals surface area contributed by atoms with E-state index in [-0.39, 0.29) is 0 Å². The van der Waals surface area contributed by atoms with Crippen molar-refractivity contribution in [1.29, 1.82) is 0 Å². The minimum absolute atomic E-state index is 0.370. The van der Waals surface area contributed by atoms with Crippen molar-refractivity contribution < 1.29 is 0 Å². The van der Waals surface area contributed by atoms with Crippen molar-refractivity contribution in [3.8, 4) is 0 Å². The zero-order chi connectivity index (χ0) is 13.0.